The molecule has 7 aromatic carbocycles. The van der Waals surface area contributed by atoms with Gasteiger partial charge in [0.2, 0.25) is 0 Å². The van der Waals surface area contributed by atoms with Crippen LogP contribution in [0.2, 0.25) is 78.6 Å². The molecule has 0 aliphatic heterocycles. The van der Waals surface area contributed by atoms with Gasteiger partial charge in [-0.15, -0.1) is 34.5 Å². The van der Waals surface area contributed by atoms with Crippen molar-refractivity contribution in [2.45, 2.75) is 85.5 Å². The van der Waals surface area contributed by atoms with Crippen molar-refractivity contribution in [3.63, 3.8) is 0 Å². The molecule has 0 amide bonds. The first-order valence-electron chi connectivity index (χ1n) is 25.0. The van der Waals surface area contributed by atoms with Crippen LogP contribution in [0.1, 0.15) is 49.9 Å². The summed E-state index contributed by atoms with van der Waals surface area (Å²) in [6.07, 6.45) is 10.0. The van der Waals surface area contributed by atoms with E-state index in [-0.39, 0.29) is 23.4 Å². The topological polar surface area (TPSA) is 34.1 Å². The number of rotatable bonds is 0. The first kappa shape index (κ1) is 62.1. The van der Waals surface area contributed by atoms with Crippen molar-refractivity contribution in [1.29, 1.82) is 0 Å². The van der Waals surface area contributed by atoms with Gasteiger partial charge in [0.25, 0.3) is 0 Å². The van der Waals surface area contributed by atoms with Crippen LogP contribution in [-0.2, 0) is 0 Å². The number of halogens is 6. The van der Waals surface area contributed by atoms with Gasteiger partial charge in [-0.1, -0.05) is 240 Å². The number of fused-ring (bicyclic) bond motifs is 6. The molecule has 0 aromatic heterocycles. The number of carbonyl (C=O) groups excluding carboxylic acids is 2. The molecule has 2 atom stereocenters. The number of benzene rings is 7. The highest BCUT2D eigenvalue weighted by Gasteiger charge is 2.40. The molecule has 2 aliphatic rings. The predicted octanol–water partition coefficient (Wildman–Crippen LogP) is 20.5. The van der Waals surface area contributed by atoms with Crippen molar-refractivity contribution in [2.75, 3.05) is 0 Å². The summed E-state index contributed by atoms with van der Waals surface area (Å²) in [6.45, 7) is 29.0. The second-order valence-electron chi connectivity index (χ2n) is 22.9. The number of hydrogen-bond donors (Lipinski definition) is 0. The molecule has 390 valence electrons. The molecular formula is C65H60Br6O2Si4. The van der Waals surface area contributed by atoms with Gasteiger partial charge in [-0.3, -0.25) is 9.59 Å². The van der Waals surface area contributed by atoms with Gasteiger partial charge in [0, 0.05) is 81.8 Å². The van der Waals surface area contributed by atoms with Gasteiger partial charge in [0.1, 0.15) is 32.3 Å². The highest BCUT2D eigenvalue weighted by atomic mass is 79.9. The molecule has 7 aromatic rings. The Labute approximate surface area is 511 Å². The number of Topliss-reactive ketones (excluding diaryl/α,β-unsaturated/α-hetero) is 2. The number of ketones is 2. The van der Waals surface area contributed by atoms with Crippen molar-refractivity contribution in [2.24, 2.45) is 11.8 Å². The van der Waals surface area contributed by atoms with Gasteiger partial charge in [-0.2, -0.15) is 0 Å². The van der Waals surface area contributed by atoms with Crippen molar-refractivity contribution in [3.05, 3.63) is 169 Å². The molecule has 2 nitrogen and oxygen atoms in total. The average molecular weight is 1460 g/mol. The summed E-state index contributed by atoms with van der Waals surface area (Å²) < 4.78 is 5.93. The Morgan fingerprint density at radius 3 is 0.961 bits per heavy atom. The predicted molar refractivity (Wildman–Crippen MR) is 365 cm³/mol. The third-order valence-electron chi connectivity index (χ3n) is 11.6. The van der Waals surface area contributed by atoms with Gasteiger partial charge < -0.3 is 0 Å². The largest absolute Gasteiger partial charge is 0.293 e. The molecule has 0 N–H and O–H groups in total. The molecule has 0 spiro atoms. The van der Waals surface area contributed by atoms with Gasteiger partial charge in [0.05, 0.1) is 11.8 Å². The first-order valence-corrected chi connectivity index (χ1v) is 43.8. The Kier molecular flexibility index (Phi) is 20.7. The van der Waals surface area contributed by atoms with E-state index in [1.165, 1.54) is 43.1 Å². The molecule has 0 saturated carbocycles. The van der Waals surface area contributed by atoms with Crippen molar-refractivity contribution in [1.82, 2.24) is 0 Å². The fourth-order valence-corrected chi connectivity index (χ4v) is 12.6. The second-order valence-corrected chi connectivity index (χ2v) is 47.4. The Bertz CT molecular complexity index is 3530. The smallest absolute Gasteiger partial charge is 0.171 e. The maximum Gasteiger partial charge on any atom is 0.171 e. The molecular weight excluding hydrogens is 1400 g/mol. The second kappa shape index (κ2) is 25.6. The number of carbonyl (C=O) groups is 2. The molecule has 0 heterocycles. The minimum atomic E-state index is -1.50. The third kappa shape index (κ3) is 16.5. The standard InChI is InChI=1S/2C24H24Br2Si2.C14H8Br2O2.C3H4/c2*1-27(2,3)13-11-21-19-9-7-18(26)16-24(19)22(12-14-28(4,5)6)20-10-8-17(25)15-23(20)21;15-7-1-3-9-11(5-7)14(18)10-4-2-8(16)6-12(10)13(9)17;1-3-2/h2*7-10,15-16H,1-6H3;1-6,9,11H;1H,2H3. The zero-order valence-electron chi connectivity index (χ0n) is 45.7. The van der Waals surface area contributed by atoms with E-state index >= 15 is 0 Å². The van der Waals surface area contributed by atoms with E-state index in [2.05, 4.69) is 305 Å². The summed E-state index contributed by atoms with van der Waals surface area (Å²) in [5, 5.41) is 9.42. The number of hydrogen-bond acceptors (Lipinski definition) is 2. The molecule has 2 unspecified atom stereocenters. The Balaban J connectivity index is 0.000000186. The lowest BCUT2D eigenvalue weighted by Crippen LogP contribution is -2.35. The summed E-state index contributed by atoms with van der Waals surface area (Å²) in [5.41, 5.74) is 19.7. The van der Waals surface area contributed by atoms with Gasteiger partial charge in [-0.05, 0) is 95.2 Å². The lowest BCUT2D eigenvalue weighted by molar-refractivity contribution is 0.0801. The summed E-state index contributed by atoms with van der Waals surface area (Å²) in [6, 6.07) is 31.1. The third-order valence-corrected chi connectivity index (χ3v) is 18.1. The van der Waals surface area contributed by atoms with Crippen LogP contribution >= 0.6 is 95.6 Å². The summed E-state index contributed by atoms with van der Waals surface area (Å²) in [5.74, 6) is 15.8. The molecule has 2 aliphatic carbocycles. The van der Waals surface area contributed by atoms with Gasteiger partial charge in [-0.25, -0.2) is 0 Å². The number of allylic oxidation sites excluding steroid dienone is 4. The fraction of sp³-hybridized carbons (Fsp3) is 0.231. The quantitative estimate of drug-likeness (QED) is 0.0862. The lowest BCUT2D eigenvalue weighted by Gasteiger charge is -2.29. The average Bonchev–Trinajstić information content (AvgIpc) is 3.32. The zero-order chi connectivity index (χ0) is 56.9. The maximum atomic E-state index is 12.4. The fourth-order valence-electron chi connectivity index (χ4n) is 8.31. The molecule has 0 saturated heterocycles. The van der Waals surface area contributed by atoms with Crippen LogP contribution in [0.5, 0.6) is 0 Å². The van der Waals surface area contributed by atoms with Crippen LogP contribution in [0, 0.1) is 70.0 Å². The van der Waals surface area contributed by atoms with Crippen LogP contribution in [0.4, 0.5) is 0 Å². The molecule has 9 rings (SSSR count). The van der Waals surface area contributed by atoms with Crippen LogP contribution in [0.25, 0.3) is 43.1 Å². The minimum absolute atomic E-state index is 0.0170. The van der Waals surface area contributed by atoms with Crippen molar-refractivity contribution < 1.29 is 9.59 Å². The van der Waals surface area contributed by atoms with E-state index < -0.39 is 32.3 Å². The van der Waals surface area contributed by atoms with Crippen molar-refractivity contribution in [3.8, 4) is 58.2 Å². The molecule has 0 radical (unpaired) electrons. The maximum absolute atomic E-state index is 12.4. The summed E-state index contributed by atoms with van der Waals surface area (Å²) in [4.78, 5) is 24.8. The highest BCUT2D eigenvalue weighted by molar-refractivity contribution is 9.12. The normalized spacial score (nSPS) is 14.6. The van der Waals surface area contributed by atoms with Crippen LogP contribution in [-0.4, -0.2) is 43.9 Å². The van der Waals surface area contributed by atoms with Crippen LogP contribution in [0.3, 0.4) is 0 Å². The highest BCUT2D eigenvalue weighted by Crippen LogP contribution is 2.39. The first-order chi connectivity index (χ1) is 35.9. The van der Waals surface area contributed by atoms with E-state index in [9.17, 15) is 9.59 Å². The van der Waals surface area contributed by atoms with Crippen LogP contribution in [0.15, 0.2) is 136 Å². The van der Waals surface area contributed by atoms with Gasteiger partial charge in [0.15, 0.2) is 11.6 Å². The zero-order valence-corrected chi connectivity index (χ0v) is 59.2. The Morgan fingerprint density at radius 1 is 0.390 bits per heavy atom. The van der Waals surface area contributed by atoms with E-state index in [4.69, 9.17) is 0 Å². The van der Waals surface area contributed by atoms with Crippen molar-refractivity contribution >= 4 is 183 Å². The monoisotopic (exact) mass is 1460 g/mol. The number of terminal acetylenes is 1. The lowest BCUT2D eigenvalue weighted by atomic mass is 9.72. The molecule has 12 heteroatoms. The van der Waals surface area contributed by atoms with E-state index in [1.807, 2.05) is 12.2 Å². The Hall–Kier alpha value is -4.05. The SMILES string of the molecule is C#CC.C[Si](C)(C)C#Cc1c2ccc(Br)cc2c(C#C[Si](C)(C)C)c2ccc(Br)cc12.C[Si](C)(C)C#Cc1c2ccc(Br)cc2c(C#C[Si](C)(C)C)c2ccc(Br)cc12.O=C1c2ccc(Br)cc2C(=O)C2C=CC(Br)=CC12. The molecule has 77 heavy (non-hydrogen) atoms. The van der Waals surface area contributed by atoms with E-state index in [0.717, 1.165) is 49.1 Å². The van der Waals surface area contributed by atoms with Gasteiger partial charge >= 0.3 is 0 Å². The summed E-state index contributed by atoms with van der Waals surface area (Å²) in [7, 11) is -5.99. The van der Waals surface area contributed by atoms with E-state index in [0.29, 0.717) is 11.1 Å². The Morgan fingerprint density at radius 2 is 0.662 bits per heavy atom. The summed E-state index contributed by atoms with van der Waals surface area (Å²) >= 11 is 21.3. The van der Waals surface area contributed by atoms with E-state index in [1.54, 1.807) is 31.2 Å². The van der Waals surface area contributed by atoms with Crippen LogP contribution < -0.4 is 0 Å². The minimum Gasteiger partial charge on any atom is -0.293 e. The molecule has 0 bridgehead atoms. The molecule has 0 fully saturated rings.